The van der Waals surface area contributed by atoms with E-state index in [1.165, 1.54) is 11.6 Å². The molecule has 0 saturated carbocycles. The second-order valence-corrected chi connectivity index (χ2v) is 9.53. The zero-order valence-electron chi connectivity index (χ0n) is 16.4. The molecule has 1 N–H and O–H groups in total. The first-order valence-corrected chi connectivity index (χ1v) is 11.4. The molecule has 1 aromatic heterocycles. The lowest BCUT2D eigenvalue weighted by Gasteiger charge is -2.16. The van der Waals surface area contributed by atoms with Gasteiger partial charge in [0.1, 0.15) is 12.4 Å². The Balaban J connectivity index is 1.72. The third-order valence-electron chi connectivity index (χ3n) is 4.60. The smallest absolute Gasteiger partial charge is 0.308 e. The monoisotopic (exact) mass is 420 g/mol. The van der Waals surface area contributed by atoms with E-state index in [0.717, 1.165) is 22.4 Å². The van der Waals surface area contributed by atoms with E-state index in [4.69, 9.17) is 4.74 Å². The molecule has 6 nitrogen and oxygen atoms in total. The number of thiazole rings is 1. The summed E-state index contributed by atoms with van der Waals surface area (Å²) >= 11 is 1.05. The van der Waals surface area contributed by atoms with Crippen molar-refractivity contribution in [1.29, 1.82) is 0 Å². The van der Waals surface area contributed by atoms with Crippen molar-refractivity contribution in [3.8, 4) is 5.75 Å². The molecule has 1 atom stereocenters. The van der Waals surface area contributed by atoms with Gasteiger partial charge in [0.25, 0.3) is 0 Å². The number of ether oxygens (including phenoxy) is 1. The van der Waals surface area contributed by atoms with Crippen LogP contribution in [0.3, 0.4) is 0 Å². The van der Waals surface area contributed by atoms with Crippen LogP contribution in [-0.2, 0) is 16.6 Å². The van der Waals surface area contributed by atoms with Crippen LogP contribution in [-0.4, -0.2) is 25.6 Å². The van der Waals surface area contributed by atoms with E-state index in [-0.39, 0.29) is 16.4 Å². The molecule has 150 valence electrons. The van der Waals surface area contributed by atoms with Crippen LogP contribution in [0.15, 0.2) is 46.1 Å². The van der Waals surface area contributed by atoms with Gasteiger partial charge >= 0.3 is 4.87 Å². The Morgan fingerprint density at radius 3 is 2.57 bits per heavy atom. The minimum atomic E-state index is -3.72. The Labute approximate surface area is 168 Å². The van der Waals surface area contributed by atoms with Gasteiger partial charge < -0.3 is 4.74 Å². The Kier molecular flexibility index (Phi) is 5.92. The standard InChI is InChI=1S/C20H24N2O4S2/c1-5-22-18-9-8-17(11-19(18)27-20(22)23)28(24,25)21-15(4)12-26-16-7-6-13(2)14(3)10-16/h6-11,15,21H,5,12H2,1-4H3. The summed E-state index contributed by atoms with van der Waals surface area (Å²) < 4.78 is 36.1. The summed E-state index contributed by atoms with van der Waals surface area (Å²) in [5, 5.41) is 0. The van der Waals surface area contributed by atoms with E-state index in [1.807, 2.05) is 39.0 Å². The number of hydrogen-bond donors (Lipinski definition) is 1. The second kappa shape index (κ2) is 8.06. The second-order valence-electron chi connectivity index (χ2n) is 6.82. The van der Waals surface area contributed by atoms with Gasteiger partial charge in [0.05, 0.1) is 21.2 Å². The van der Waals surface area contributed by atoms with Gasteiger partial charge in [0.2, 0.25) is 10.0 Å². The maximum absolute atomic E-state index is 12.7. The van der Waals surface area contributed by atoms with Crippen LogP contribution < -0.4 is 14.3 Å². The SMILES string of the molecule is CCn1c(=O)sc2cc(S(=O)(=O)NC(C)COc3ccc(C)c(C)c3)ccc21. The van der Waals surface area contributed by atoms with E-state index in [0.29, 0.717) is 17.0 Å². The van der Waals surface area contributed by atoms with Crippen LogP contribution in [0.25, 0.3) is 10.2 Å². The van der Waals surface area contributed by atoms with Crippen molar-refractivity contribution in [2.75, 3.05) is 6.61 Å². The average Bonchev–Trinajstić information content (AvgIpc) is 2.96. The molecule has 0 spiro atoms. The predicted octanol–water partition coefficient (Wildman–Crippen LogP) is 3.45. The third kappa shape index (κ3) is 4.29. The molecule has 1 unspecified atom stereocenters. The molecule has 0 fully saturated rings. The van der Waals surface area contributed by atoms with Crippen LogP contribution in [0.5, 0.6) is 5.75 Å². The minimum Gasteiger partial charge on any atom is -0.492 e. The molecule has 0 aliphatic heterocycles. The van der Waals surface area contributed by atoms with Gasteiger partial charge in [-0.3, -0.25) is 9.36 Å². The first-order chi connectivity index (χ1) is 13.2. The molecule has 0 saturated heterocycles. The van der Waals surface area contributed by atoms with Crippen LogP contribution >= 0.6 is 11.3 Å². The van der Waals surface area contributed by atoms with Gasteiger partial charge in [-0.15, -0.1) is 0 Å². The molecular formula is C20H24N2O4S2. The number of rotatable bonds is 7. The highest BCUT2D eigenvalue weighted by atomic mass is 32.2. The van der Waals surface area contributed by atoms with Gasteiger partial charge in [-0.05, 0) is 69.2 Å². The average molecular weight is 421 g/mol. The first-order valence-electron chi connectivity index (χ1n) is 9.07. The van der Waals surface area contributed by atoms with Crippen molar-refractivity contribution >= 4 is 31.6 Å². The van der Waals surface area contributed by atoms with E-state index >= 15 is 0 Å². The van der Waals surface area contributed by atoms with Crippen molar-refractivity contribution in [2.24, 2.45) is 0 Å². The highest BCUT2D eigenvalue weighted by Gasteiger charge is 2.19. The summed E-state index contributed by atoms with van der Waals surface area (Å²) in [6.45, 7) is 8.43. The largest absolute Gasteiger partial charge is 0.492 e. The molecule has 0 aliphatic rings. The zero-order valence-corrected chi connectivity index (χ0v) is 18.0. The van der Waals surface area contributed by atoms with Gasteiger partial charge in [-0.2, -0.15) is 0 Å². The van der Waals surface area contributed by atoms with Crippen LogP contribution in [0.1, 0.15) is 25.0 Å². The fourth-order valence-corrected chi connectivity index (χ4v) is 5.23. The molecule has 28 heavy (non-hydrogen) atoms. The van der Waals surface area contributed by atoms with Gasteiger partial charge in [-0.1, -0.05) is 17.4 Å². The number of fused-ring (bicyclic) bond motifs is 1. The number of nitrogens with zero attached hydrogens (tertiary/aromatic N) is 1. The molecule has 0 aliphatic carbocycles. The van der Waals surface area contributed by atoms with Crippen molar-refractivity contribution in [3.63, 3.8) is 0 Å². The molecule has 3 aromatic rings. The number of aryl methyl sites for hydroxylation is 3. The topological polar surface area (TPSA) is 77.4 Å². The summed E-state index contributed by atoms with van der Waals surface area (Å²) in [7, 11) is -3.72. The quantitative estimate of drug-likeness (QED) is 0.635. The maximum atomic E-state index is 12.7. The molecular weight excluding hydrogens is 396 g/mol. The summed E-state index contributed by atoms with van der Waals surface area (Å²) in [6, 6.07) is 10.1. The Hall–Kier alpha value is -2.16. The molecule has 1 heterocycles. The lowest BCUT2D eigenvalue weighted by atomic mass is 10.1. The molecule has 3 rings (SSSR count). The fourth-order valence-electron chi connectivity index (χ4n) is 2.91. The van der Waals surface area contributed by atoms with Crippen molar-refractivity contribution in [1.82, 2.24) is 9.29 Å². The summed E-state index contributed by atoms with van der Waals surface area (Å²) in [4.78, 5) is 12.0. The van der Waals surface area contributed by atoms with E-state index in [9.17, 15) is 13.2 Å². The van der Waals surface area contributed by atoms with Crippen LogP contribution in [0, 0.1) is 13.8 Å². The number of benzene rings is 2. The first kappa shape index (κ1) is 20.6. The van der Waals surface area contributed by atoms with E-state index < -0.39 is 16.1 Å². The Morgan fingerprint density at radius 2 is 1.89 bits per heavy atom. The van der Waals surface area contributed by atoms with Crippen molar-refractivity contribution in [2.45, 2.75) is 45.2 Å². The molecule has 0 amide bonds. The van der Waals surface area contributed by atoms with Crippen molar-refractivity contribution in [3.05, 3.63) is 57.2 Å². The molecule has 8 heteroatoms. The summed E-state index contributed by atoms with van der Waals surface area (Å²) in [6.07, 6.45) is 0. The number of aromatic nitrogens is 1. The van der Waals surface area contributed by atoms with Crippen molar-refractivity contribution < 1.29 is 13.2 Å². The van der Waals surface area contributed by atoms with Gasteiger partial charge in [-0.25, -0.2) is 13.1 Å². The van der Waals surface area contributed by atoms with E-state index in [2.05, 4.69) is 4.72 Å². The molecule has 0 bridgehead atoms. The number of hydrogen-bond acceptors (Lipinski definition) is 5. The van der Waals surface area contributed by atoms with Crippen LogP contribution in [0.2, 0.25) is 0 Å². The highest BCUT2D eigenvalue weighted by Crippen LogP contribution is 2.22. The Morgan fingerprint density at radius 1 is 1.14 bits per heavy atom. The normalized spacial score (nSPS) is 13.0. The summed E-state index contributed by atoms with van der Waals surface area (Å²) in [5.41, 5.74) is 3.05. The summed E-state index contributed by atoms with van der Waals surface area (Å²) in [5.74, 6) is 0.709. The molecule has 0 radical (unpaired) electrons. The van der Waals surface area contributed by atoms with Gasteiger partial charge in [0.15, 0.2) is 0 Å². The van der Waals surface area contributed by atoms with Gasteiger partial charge in [0, 0.05) is 6.54 Å². The highest BCUT2D eigenvalue weighted by molar-refractivity contribution is 7.89. The van der Waals surface area contributed by atoms with Crippen LogP contribution in [0.4, 0.5) is 0 Å². The fraction of sp³-hybridized carbons (Fsp3) is 0.350. The predicted molar refractivity (Wildman–Crippen MR) is 113 cm³/mol. The lowest BCUT2D eigenvalue weighted by molar-refractivity contribution is 0.287. The van der Waals surface area contributed by atoms with E-state index in [1.54, 1.807) is 23.6 Å². The Bertz CT molecular complexity index is 1160. The number of sulfonamides is 1. The third-order valence-corrected chi connectivity index (χ3v) is 7.13. The number of nitrogens with one attached hydrogen (secondary N) is 1. The molecule has 2 aromatic carbocycles. The zero-order chi connectivity index (χ0) is 20.5. The lowest BCUT2D eigenvalue weighted by Crippen LogP contribution is -2.36. The minimum absolute atomic E-state index is 0.0878. The maximum Gasteiger partial charge on any atom is 0.308 e.